The topological polar surface area (TPSA) is 105 Å². The molecule has 1 aliphatic heterocycles. The van der Waals surface area contributed by atoms with Gasteiger partial charge in [-0.25, -0.2) is 4.79 Å². The fourth-order valence-corrected chi connectivity index (χ4v) is 4.65. The Morgan fingerprint density at radius 1 is 1.06 bits per heavy atom. The summed E-state index contributed by atoms with van der Waals surface area (Å²) in [4.78, 5) is 38.1. The van der Waals surface area contributed by atoms with Crippen LogP contribution in [0.4, 0.5) is 11.4 Å². The summed E-state index contributed by atoms with van der Waals surface area (Å²) in [5, 5.41) is 11.6. The van der Waals surface area contributed by atoms with Crippen molar-refractivity contribution in [1.82, 2.24) is 0 Å². The van der Waals surface area contributed by atoms with Crippen molar-refractivity contribution in [1.29, 1.82) is 0 Å². The molecule has 3 aromatic rings. The van der Waals surface area contributed by atoms with E-state index in [1.54, 1.807) is 24.3 Å². The van der Waals surface area contributed by atoms with Crippen LogP contribution in [0.5, 0.6) is 11.5 Å². The van der Waals surface area contributed by atoms with Crippen LogP contribution in [0.1, 0.15) is 15.9 Å². The molecule has 1 saturated heterocycles. The Bertz CT molecular complexity index is 1360. The molecule has 182 valence electrons. The molecule has 3 aromatic carbocycles. The van der Waals surface area contributed by atoms with Crippen LogP contribution in [0, 0.1) is 0 Å². The third kappa shape index (κ3) is 5.73. The molecular weight excluding hydrogens is 500 g/mol. The first-order valence-electron chi connectivity index (χ1n) is 10.6. The molecule has 0 unspecified atom stereocenters. The summed E-state index contributed by atoms with van der Waals surface area (Å²) in [5.41, 5.74) is 1.98. The molecule has 2 amide bonds. The summed E-state index contributed by atoms with van der Waals surface area (Å²) in [6.45, 7) is -0.286. The van der Waals surface area contributed by atoms with E-state index in [2.05, 4.69) is 5.32 Å². The lowest BCUT2D eigenvalue weighted by Crippen LogP contribution is -2.27. The number of thiocarbonyl (C=S) groups is 1. The molecule has 10 heteroatoms. The number of nitrogens with zero attached hydrogens (tertiary/aromatic N) is 1. The highest BCUT2D eigenvalue weighted by Gasteiger charge is 2.33. The minimum absolute atomic E-state index is 0.122. The summed E-state index contributed by atoms with van der Waals surface area (Å²) >= 11 is 6.62. The van der Waals surface area contributed by atoms with E-state index in [0.29, 0.717) is 37.7 Å². The van der Waals surface area contributed by atoms with Crippen molar-refractivity contribution in [2.24, 2.45) is 0 Å². The van der Waals surface area contributed by atoms with Crippen LogP contribution < -0.4 is 19.7 Å². The first-order chi connectivity index (χ1) is 17.4. The number of nitrogens with one attached hydrogen (secondary N) is 1. The number of rotatable bonds is 8. The summed E-state index contributed by atoms with van der Waals surface area (Å²) in [7, 11) is 1.48. The van der Waals surface area contributed by atoms with Crippen LogP contribution in [0.15, 0.2) is 77.7 Å². The van der Waals surface area contributed by atoms with Crippen molar-refractivity contribution < 1.29 is 29.0 Å². The van der Waals surface area contributed by atoms with Crippen molar-refractivity contribution in [2.45, 2.75) is 0 Å². The number of carbonyl (C=O) groups is 3. The number of anilines is 2. The molecule has 0 atom stereocenters. The minimum atomic E-state index is -1.05. The van der Waals surface area contributed by atoms with E-state index in [1.807, 2.05) is 30.3 Å². The van der Waals surface area contributed by atoms with Crippen LogP contribution >= 0.6 is 24.0 Å². The fourth-order valence-electron chi connectivity index (χ4n) is 3.35. The highest BCUT2D eigenvalue weighted by molar-refractivity contribution is 8.27. The molecule has 4 rings (SSSR count). The summed E-state index contributed by atoms with van der Waals surface area (Å²) < 4.78 is 11.5. The van der Waals surface area contributed by atoms with Gasteiger partial charge in [-0.05, 0) is 60.2 Å². The van der Waals surface area contributed by atoms with Gasteiger partial charge in [-0.3, -0.25) is 14.5 Å². The Kier molecular flexibility index (Phi) is 7.67. The van der Waals surface area contributed by atoms with Gasteiger partial charge in [0.2, 0.25) is 0 Å². The fraction of sp³-hybridized carbons (Fsp3) is 0.0769. The lowest BCUT2D eigenvalue weighted by molar-refractivity contribution is -0.118. The summed E-state index contributed by atoms with van der Waals surface area (Å²) in [5.74, 6) is -0.935. The molecule has 0 aliphatic carbocycles. The number of thioether (sulfide) groups is 1. The van der Waals surface area contributed by atoms with Gasteiger partial charge >= 0.3 is 5.97 Å². The van der Waals surface area contributed by atoms with Gasteiger partial charge in [0.05, 0.1) is 23.3 Å². The number of hydrogen-bond donors (Lipinski definition) is 2. The number of ether oxygens (including phenoxy) is 2. The Morgan fingerprint density at radius 2 is 1.78 bits per heavy atom. The molecule has 0 radical (unpaired) electrons. The van der Waals surface area contributed by atoms with Crippen molar-refractivity contribution in [2.75, 3.05) is 23.9 Å². The number of aromatic carboxylic acids is 1. The number of carboxylic acids is 1. The number of carboxylic acid groups (broad SMARTS) is 1. The molecular formula is C26H20N2O6S2. The second-order valence-corrected chi connectivity index (χ2v) is 9.16. The molecule has 2 N–H and O–H groups in total. The first kappa shape index (κ1) is 25.0. The molecule has 36 heavy (non-hydrogen) atoms. The van der Waals surface area contributed by atoms with Gasteiger partial charge in [-0.15, -0.1) is 0 Å². The third-order valence-electron chi connectivity index (χ3n) is 5.07. The quantitative estimate of drug-likeness (QED) is 0.322. The van der Waals surface area contributed by atoms with Crippen LogP contribution in [0.25, 0.3) is 6.08 Å². The molecule has 1 aliphatic rings. The largest absolute Gasteiger partial charge is 0.493 e. The van der Waals surface area contributed by atoms with Crippen molar-refractivity contribution in [3.8, 4) is 11.5 Å². The average molecular weight is 521 g/mol. The second-order valence-electron chi connectivity index (χ2n) is 7.48. The molecule has 0 spiro atoms. The molecule has 1 fully saturated rings. The third-order valence-corrected chi connectivity index (χ3v) is 6.37. The van der Waals surface area contributed by atoms with Gasteiger partial charge in [-0.1, -0.05) is 48.2 Å². The van der Waals surface area contributed by atoms with E-state index in [4.69, 9.17) is 26.8 Å². The van der Waals surface area contributed by atoms with E-state index < -0.39 is 11.9 Å². The van der Waals surface area contributed by atoms with Gasteiger partial charge in [-0.2, -0.15) is 0 Å². The normalized spacial score (nSPS) is 14.1. The number of para-hydroxylation sites is 1. The zero-order valence-electron chi connectivity index (χ0n) is 19.0. The lowest BCUT2D eigenvalue weighted by atomic mass is 10.2. The zero-order valence-corrected chi connectivity index (χ0v) is 20.6. The number of benzene rings is 3. The van der Waals surface area contributed by atoms with Crippen molar-refractivity contribution in [3.05, 3.63) is 88.8 Å². The van der Waals surface area contributed by atoms with Crippen LogP contribution in [0.3, 0.4) is 0 Å². The average Bonchev–Trinajstić information content (AvgIpc) is 3.16. The standard InChI is InChI=1S/C26H20N2O6S2/c1-33-21-13-16(14-22-24(30)28(26(35)36-22)19-5-3-2-4-6-19)7-12-20(21)34-15-23(29)27-18-10-8-17(9-11-18)25(31)32/h2-14H,15H2,1H3,(H,27,29)(H,31,32)/b22-14-. The maximum absolute atomic E-state index is 12.9. The predicted molar refractivity (Wildman–Crippen MR) is 143 cm³/mol. The van der Waals surface area contributed by atoms with Gasteiger partial charge in [0.25, 0.3) is 11.8 Å². The van der Waals surface area contributed by atoms with Crippen molar-refractivity contribution >= 4 is 63.5 Å². The Hall–Kier alpha value is -4.15. The van der Waals surface area contributed by atoms with Gasteiger partial charge < -0.3 is 19.9 Å². The SMILES string of the molecule is COc1cc(/C=C2\SC(=S)N(c3ccccc3)C2=O)ccc1OCC(=O)Nc1ccc(C(=O)O)cc1. The highest BCUT2D eigenvalue weighted by Crippen LogP contribution is 2.37. The number of carbonyl (C=O) groups excluding carboxylic acids is 2. The lowest BCUT2D eigenvalue weighted by Gasteiger charge is -2.14. The Balaban J connectivity index is 1.42. The van der Waals surface area contributed by atoms with Gasteiger partial charge in [0, 0.05) is 5.69 Å². The monoisotopic (exact) mass is 520 g/mol. The van der Waals surface area contributed by atoms with Crippen LogP contribution in [-0.2, 0) is 9.59 Å². The minimum Gasteiger partial charge on any atom is -0.493 e. The van der Waals surface area contributed by atoms with Crippen LogP contribution in [0.2, 0.25) is 0 Å². The zero-order chi connectivity index (χ0) is 25.7. The molecule has 1 heterocycles. The van der Waals surface area contributed by atoms with Crippen molar-refractivity contribution in [3.63, 3.8) is 0 Å². The molecule has 0 bridgehead atoms. The second kappa shape index (κ2) is 11.1. The molecule has 0 aromatic heterocycles. The summed E-state index contributed by atoms with van der Waals surface area (Å²) in [6, 6.07) is 20.1. The maximum atomic E-state index is 12.9. The number of methoxy groups -OCH3 is 1. The van der Waals surface area contributed by atoms with Gasteiger partial charge in [0.15, 0.2) is 22.4 Å². The molecule has 0 saturated carbocycles. The van der Waals surface area contributed by atoms with E-state index in [-0.39, 0.29) is 18.1 Å². The van der Waals surface area contributed by atoms with E-state index in [9.17, 15) is 14.4 Å². The molecule has 8 nitrogen and oxygen atoms in total. The Morgan fingerprint density at radius 3 is 2.44 bits per heavy atom. The maximum Gasteiger partial charge on any atom is 0.335 e. The highest BCUT2D eigenvalue weighted by atomic mass is 32.2. The predicted octanol–water partition coefficient (Wildman–Crippen LogP) is 4.82. The van der Waals surface area contributed by atoms with E-state index >= 15 is 0 Å². The van der Waals surface area contributed by atoms with E-state index in [0.717, 1.165) is 0 Å². The Labute approximate surface area is 216 Å². The number of amides is 2. The van der Waals surface area contributed by atoms with E-state index in [1.165, 1.54) is 48.0 Å². The van der Waals surface area contributed by atoms with Crippen LogP contribution in [-0.4, -0.2) is 40.9 Å². The number of hydrogen-bond acceptors (Lipinski definition) is 7. The van der Waals surface area contributed by atoms with Gasteiger partial charge in [0.1, 0.15) is 0 Å². The summed E-state index contributed by atoms with van der Waals surface area (Å²) in [6.07, 6.45) is 1.72. The first-order valence-corrected chi connectivity index (χ1v) is 11.9. The smallest absolute Gasteiger partial charge is 0.335 e.